The van der Waals surface area contributed by atoms with Crippen molar-refractivity contribution in [3.05, 3.63) is 61.4 Å². The maximum Gasteiger partial charge on any atom is 0.335 e. The van der Waals surface area contributed by atoms with Crippen LogP contribution >= 0.6 is 43.6 Å². The summed E-state index contributed by atoms with van der Waals surface area (Å²) < 4.78 is 7.04. The first kappa shape index (κ1) is 20.6. The number of methoxy groups -OCH3 is 1. The second-order valence-electron chi connectivity index (χ2n) is 5.73. The maximum atomic E-state index is 12.7. The van der Waals surface area contributed by atoms with Crippen molar-refractivity contribution in [2.45, 2.75) is 0 Å². The normalized spacial score (nSPS) is 16.9. The summed E-state index contributed by atoms with van der Waals surface area (Å²) in [4.78, 5) is 30.1. The lowest BCUT2D eigenvalue weighted by Gasteiger charge is -2.09. The van der Waals surface area contributed by atoms with Gasteiger partial charge < -0.3 is 9.84 Å². The Morgan fingerprint density at radius 3 is 2.71 bits per heavy atom. The molecule has 28 heavy (non-hydrogen) atoms. The number of likely N-dealkylation sites (N-methyl/N-ethyl adjacent to an activating group) is 1. The molecular formula is C19H14Br2N2O4S. The van der Waals surface area contributed by atoms with Crippen molar-refractivity contribution in [1.29, 1.82) is 0 Å². The van der Waals surface area contributed by atoms with Gasteiger partial charge in [0.2, 0.25) is 0 Å². The van der Waals surface area contributed by atoms with E-state index in [2.05, 4.69) is 36.9 Å². The van der Waals surface area contributed by atoms with E-state index < -0.39 is 5.97 Å². The van der Waals surface area contributed by atoms with E-state index in [4.69, 9.17) is 9.84 Å². The van der Waals surface area contributed by atoms with Crippen molar-refractivity contribution >= 4 is 72.4 Å². The molecular weight excluding hydrogens is 512 g/mol. The van der Waals surface area contributed by atoms with Crippen molar-refractivity contribution in [2.75, 3.05) is 14.2 Å². The van der Waals surface area contributed by atoms with Crippen LogP contribution in [0.25, 0.3) is 6.08 Å². The minimum atomic E-state index is -1.03. The number of carbonyl (C=O) groups is 2. The van der Waals surface area contributed by atoms with Gasteiger partial charge in [-0.2, -0.15) is 0 Å². The van der Waals surface area contributed by atoms with Gasteiger partial charge >= 0.3 is 5.97 Å². The van der Waals surface area contributed by atoms with Crippen molar-refractivity contribution in [3.63, 3.8) is 0 Å². The topological polar surface area (TPSA) is 79.2 Å². The molecule has 9 heteroatoms. The van der Waals surface area contributed by atoms with Crippen molar-refractivity contribution < 1.29 is 19.4 Å². The molecule has 6 nitrogen and oxygen atoms in total. The Balaban J connectivity index is 1.97. The van der Waals surface area contributed by atoms with Crippen molar-refractivity contribution in [3.8, 4) is 5.75 Å². The second kappa shape index (κ2) is 8.50. The first-order valence-electron chi connectivity index (χ1n) is 7.93. The van der Waals surface area contributed by atoms with Crippen LogP contribution in [0.4, 0.5) is 5.69 Å². The fourth-order valence-electron chi connectivity index (χ4n) is 2.51. The summed E-state index contributed by atoms with van der Waals surface area (Å²) in [5, 5.41) is 9.58. The van der Waals surface area contributed by atoms with Crippen LogP contribution in [0, 0.1) is 0 Å². The average Bonchev–Trinajstić information content (AvgIpc) is 2.89. The minimum Gasteiger partial charge on any atom is -0.495 e. The van der Waals surface area contributed by atoms with E-state index in [0.29, 0.717) is 21.5 Å². The van der Waals surface area contributed by atoms with Crippen LogP contribution in [0.1, 0.15) is 15.9 Å². The zero-order valence-electron chi connectivity index (χ0n) is 14.8. The van der Waals surface area contributed by atoms with Gasteiger partial charge in [0.25, 0.3) is 5.91 Å². The number of aliphatic imine (C=N–C) groups is 1. The molecule has 1 aliphatic rings. The number of carboxylic acid groups (broad SMARTS) is 1. The molecule has 1 fully saturated rings. The van der Waals surface area contributed by atoms with Crippen LogP contribution in [0.5, 0.6) is 5.75 Å². The van der Waals surface area contributed by atoms with E-state index >= 15 is 0 Å². The van der Waals surface area contributed by atoms with Gasteiger partial charge in [-0.05, 0) is 64.1 Å². The number of ether oxygens (including phenoxy) is 1. The Morgan fingerprint density at radius 1 is 1.29 bits per heavy atom. The van der Waals surface area contributed by atoms with Crippen LogP contribution in [-0.4, -0.2) is 41.2 Å². The lowest BCUT2D eigenvalue weighted by atomic mass is 10.2. The Hall–Kier alpha value is -2.10. The molecule has 0 atom stereocenters. The molecule has 1 aliphatic heterocycles. The number of carboxylic acids is 1. The summed E-state index contributed by atoms with van der Waals surface area (Å²) in [6.07, 6.45) is 1.74. The fraction of sp³-hybridized carbons (Fsp3) is 0.105. The highest BCUT2D eigenvalue weighted by Crippen LogP contribution is 2.38. The predicted molar refractivity (Wildman–Crippen MR) is 117 cm³/mol. The van der Waals surface area contributed by atoms with Crippen LogP contribution in [0.2, 0.25) is 0 Å². The standard InChI is InChI=1S/C19H14Br2N2O4S/c1-23-17(24)15(8-11-6-12(20)9-14(21)16(11)27-2)28-19(23)22-13-5-3-4-10(7-13)18(25)26/h3-9H,1-2H3,(H,25,26)/b15-8-,22-19?. The monoisotopic (exact) mass is 524 g/mol. The summed E-state index contributed by atoms with van der Waals surface area (Å²) in [6.45, 7) is 0. The molecule has 0 bridgehead atoms. The lowest BCUT2D eigenvalue weighted by Crippen LogP contribution is -2.23. The van der Waals surface area contributed by atoms with Gasteiger partial charge in [-0.3, -0.25) is 9.69 Å². The highest BCUT2D eigenvalue weighted by atomic mass is 79.9. The van der Waals surface area contributed by atoms with Gasteiger partial charge in [0.05, 0.1) is 27.7 Å². The molecule has 3 rings (SSSR count). The van der Waals surface area contributed by atoms with Gasteiger partial charge in [-0.25, -0.2) is 9.79 Å². The smallest absolute Gasteiger partial charge is 0.335 e. The van der Waals surface area contributed by atoms with Gasteiger partial charge in [0.15, 0.2) is 5.17 Å². The van der Waals surface area contributed by atoms with Gasteiger partial charge in [0.1, 0.15) is 5.75 Å². The average molecular weight is 526 g/mol. The number of benzene rings is 2. The molecule has 0 aliphatic carbocycles. The van der Waals surface area contributed by atoms with E-state index in [9.17, 15) is 9.59 Å². The third-order valence-electron chi connectivity index (χ3n) is 3.85. The number of hydrogen-bond acceptors (Lipinski definition) is 5. The molecule has 1 amide bonds. The van der Waals surface area contributed by atoms with Crippen molar-refractivity contribution in [2.24, 2.45) is 4.99 Å². The molecule has 1 N–H and O–H groups in total. The number of halogens is 2. The SMILES string of the molecule is COc1c(Br)cc(Br)cc1/C=C1\SC(=Nc2cccc(C(=O)O)c2)N(C)C1=O. The van der Waals surface area contributed by atoms with E-state index in [0.717, 1.165) is 14.5 Å². The zero-order valence-corrected chi connectivity index (χ0v) is 18.8. The largest absolute Gasteiger partial charge is 0.495 e. The summed E-state index contributed by atoms with van der Waals surface area (Å²) in [5.41, 5.74) is 1.34. The van der Waals surface area contributed by atoms with E-state index in [1.165, 1.54) is 28.8 Å². The first-order valence-corrected chi connectivity index (χ1v) is 10.3. The summed E-state index contributed by atoms with van der Waals surface area (Å²) in [7, 11) is 3.19. The molecule has 1 saturated heterocycles. The van der Waals surface area contributed by atoms with Crippen LogP contribution in [0.15, 0.2) is 55.2 Å². The quantitative estimate of drug-likeness (QED) is 0.558. The Labute approximate surface area is 182 Å². The van der Waals surface area contributed by atoms with E-state index in [1.807, 2.05) is 12.1 Å². The van der Waals surface area contributed by atoms with Gasteiger partial charge in [-0.1, -0.05) is 22.0 Å². The van der Waals surface area contributed by atoms with Crippen molar-refractivity contribution in [1.82, 2.24) is 4.90 Å². The molecule has 2 aromatic carbocycles. The van der Waals surface area contributed by atoms with Crippen LogP contribution < -0.4 is 4.74 Å². The van der Waals surface area contributed by atoms with Gasteiger partial charge in [0, 0.05) is 17.1 Å². The Morgan fingerprint density at radius 2 is 2.04 bits per heavy atom. The van der Waals surface area contributed by atoms with Gasteiger partial charge in [-0.15, -0.1) is 0 Å². The number of thioether (sulfide) groups is 1. The third kappa shape index (κ3) is 4.31. The summed E-state index contributed by atoms with van der Waals surface area (Å²) in [6, 6.07) is 9.98. The number of hydrogen-bond donors (Lipinski definition) is 1. The summed E-state index contributed by atoms with van der Waals surface area (Å²) in [5.74, 6) is -0.610. The Kier molecular flexibility index (Phi) is 6.26. The van der Waals surface area contributed by atoms with E-state index in [1.54, 1.807) is 32.4 Å². The van der Waals surface area contributed by atoms with Crippen LogP contribution in [-0.2, 0) is 4.79 Å². The second-order valence-corrected chi connectivity index (χ2v) is 8.51. The van der Waals surface area contributed by atoms with E-state index in [-0.39, 0.29) is 11.5 Å². The zero-order chi connectivity index (χ0) is 20.4. The molecule has 0 spiro atoms. The number of nitrogens with zero attached hydrogens (tertiary/aromatic N) is 2. The lowest BCUT2D eigenvalue weighted by molar-refractivity contribution is -0.121. The molecule has 1 heterocycles. The molecule has 0 unspecified atom stereocenters. The first-order chi connectivity index (χ1) is 13.3. The predicted octanol–water partition coefficient (Wildman–Crippen LogP) is 5.15. The highest BCUT2D eigenvalue weighted by molar-refractivity contribution is 9.11. The highest BCUT2D eigenvalue weighted by Gasteiger charge is 2.30. The summed E-state index contributed by atoms with van der Waals surface area (Å²) >= 11 is 8.11. The number of amidine groups is 1. The number of carbonyl (C=O) groups excluding carboxylic acids is 1. The molecule has 0 radical (unpaired) electrons. The molecule has 144 valence electrons. The molecule has 2 aromatic rings. The number of rotatable bonds is 4. The number of aromatic carboxylic acids is 1. The molecule has 0 aromatic heterocycles. The Bertz CT molecular complexity index is 1040. The fourth-order valence-corrected chi connectivity index (χ4v) is 4.91. The molecule has 0 saturated carbocycles. The number of amides is 1. The third-order valence-corrected chi connectivity index (χ3v) is 5.96. The van der Waals surface area contributed by atoms with Crippen LogP contribution in [0.3, 0.4) is 0 Å². The minimum absolute atomic E-state index is 0.137. The maximum absolute atomic E-state index is 12.7.